The van der Waals surface area contributed by atoms with Crippen molar-refractivity contribution in [3.63, 3.8) is 0 Å². The van der Waals surface area contributed by atoms with E-state index in [2.05, 4.69) is 61.5 Å². The van der Waals surface area contributed by atoms with E-state index >= 15 is 0 Å². The lowest BCUT2D eigenvalue weighted by atomic mass is 9.43. The fraction of sp³-hybridized carbons (Fsp3) is 0.842. The first-order valence-corrected chi connectivity index (χ1v) is 17.1. The predicted octanol–water partition coefficient (Wildman–Crippen LogP) is 10.2. The summed E-state index contributed by atoms with van der Waals surface area (Å²) >= 11 is 0. The van der Waals surface area contributed by atoms with Gasteiger partial charge in [0.25, 0.3) is 0 Å². The SMILES string of the molecule is CC(C)=CCC[C@@H](C)[C@H]1CC[C@@]2(C)C3=C(CC[C@]12C)[C@@]1(C)CC[C@H](OC(=O)CCC(=O)OC(C)(C)C)C(C)(C)C1CC3. The summed E-state index contributed by atoms with van der Waals surface area (Å²) in [6.07, 6.45) is 14.6. The number of fused-ring (bicyclic) bond motifs is 4. The van der Waals surface area contributed by atoms with Gasteiger partial charge in [-0.1, -0.05) is 64.3 Å². The third kappa shape index (κ3) is 6.03. The Morgan fingerprint density at radius 1 is 0.905 bits per heavy atom. The van der Waals surface area contributed by atoms with Crippen LogP contribution in [0.1, 0.15) is 153 Å². The molecule has 0 aliphatic heterocycles. The Morgan fingerprint density at radius 2 is 1.57 bits per heavy atom. The first-order chi connectivity index (χ1) is 19.3. The molecule has 0 aromatic carbocycles. The highest BCUT2D eigenvalue weighted by molar-refractivity contribution is 5.78. The van der Waals surface area contributed by atoms with Gasteiger partial charge in [-0.25, -0.2) is 0 Å². The van der Waals surface area contributed by atoms with E-state index in [4.69, 9.17) is 9.47 Å². The Morgan fingerprint density at radius 3 is 2.21 bits per heavy atom. The molecule has 0 aromatic rings. The van der Waals surface area contributed by atoms with Gasteiger partial charge in [-0.3, -0.25) is 9.59 Å². The normalized spacial score (nSPS) is 36.3. The number of carbonyl (C=O) groups excluding carboxylic acids is 2. The second kappa shape index (κ2) is 11.7. The van der Waals surface area contributed by atoms with E-state index in [1.165, 1.54) is 56.9 Å². The third-order valence-electron chi connectivity index (χ3n) is 12.8. The van der Waals surface area contributed by atoms with Gasteiger partial charge in [0, 0.05) is 5.41 Å². The largest absolute Gasteiger partial charge is 0.462 e. The molecule has 0 aromatic heterocycles. The average Bonchev–Trinajstić information content (AvgIpc) is 3.14. The molecular formula is C38H62O4. The molecule has 1 unspecified atom stereocenters. The lowest BCUT2D eigenvalue weighted by Crippen LogP contribution is -2.55. The van der Waals surface area contributed by atoms with Crippen LogP contribution in [0.25, 0.3) is 0 Å². The summed E-state index contributed by atoms with van der Waals surface area (Å²) in [7, 11) is 0. The minimum atomic E-state index is -0.540. The number of hydrogen-bond donors (Lipinski definition) is 0. The molecule has 0 radical (unpaired) electrons. The van der Waals surface area contributed by atoms with Crippen LogP contribution >= 0.6 is 0 Å². The van der Waals surface area contributed by atoms with Crippen molar-refractivity contribution in [1.82, 2.24) is 0 Å². The Hall–Kier alpha value is -1.58. The Kier molecular flexibility index (Phi) is 9.31. The van der Waals surface area contributed by atoms with Crippen molar-refractivity contribution in [2.75, 3.05) is 0 Å². The smallest absolute Gasteiger partial charge is 0.306 e. The van der Waals surface area contributed by atoms with Gasteiger partial charge in [0.15, 0.2) is 0 Å². The molecule has 4 aliphatic carbocycles. The van der Waals surface area contributed by atoms with Crippen molar-refractivity contribution < 1.29 is 19.1 Å². The molecule has 4 rings (SSSR count). The highest BCUT2D eigenvalue weighted by atomic mass is 16.6. The Balaban J connectivity index is 1.48. The summed E-state index contributed by atoms with van der Waals surface area (Å²) in [5.41, 5.74) is 5.25. The number of allylic oxidation sites excluding steroid dienone is 4. The van der Waals surface area contributed by atoms with Crippen LogP contribution in [0.2, 0.25) is 0 Å². The van der Waals surface area contributed by atoms with Crippen LogP contribution in [0.3, 0.4) is 0 Å². The molecule has 0 amide bonds. The fourth-order valence-corrected chi connectivity index (χ4v) is 10.5. The molecule has 4 aliphatic rings. The van der Waals surface area contributed by atoms with E-state index in [-0.39, 0.29) is 41.7 Å². The van der Waals surface area contributed by atoms with E-state index in [9.17, 15) is 9.59 Å². The van der Waals surface area contributed by atoms with E-state index in [1.54, 1.807) is 5.57 Å². The van der Waals surface area contributed by atoms with Crippen LogP contribution in [-0.4, -0.2) is 23.6 Å². The van der Waals surface area contributed by atoms with Crippen molar-refractivity contribution in [3.8, 4) is 0 Å². The molecular weight excluding hydrogens is 520 g/mol. The molecule has 7 atom stereocenters. The number of carbonyl (C=O) groups is 2. The van der Waals surface area contributed by atoms with Crippen molar-refractivity contribution in [2.24, 2.45) is 39.4 Å². The van der Waals surface area contributed by atoms with Crippen LogP contribution in [0.15, 0.2) is 22.8 Å². The van der Waals surface area contributed by atoms with Crippen molar-refractivity contribution in [1.29, 1.82) is 0 Å². The Bertz CT molecular complexity index is 1100. The number of ether oxygens (including phenoxy) is 2. The summed E-state index contributed by atoms with van der Waals surface area (Å²) in [6.45, 7) is 25.0. The standard InChI is InChI=1S/C38H62O4/c1-25(2)13-12-14-26(3)27-19-23-38(11)29-15-16-30-35(7,8)31(41-32(39)17-18-33(40)42-34(4,5)6)21-22-36(30,9)28(29)20-24-37(27,38)10/h13,26-27,30-31H,12,14-24H2,1-11H3/t26-,27-,30?,31+,36-,37-,38+/m1/s1. The first kappa shape index (κ1) is 33.3. The molecule has 0 bridgehead atoms. The lowest BCUT2D eigenvalue weighted by molar-refractivity contribution is -0.172. The molecule has 0 heterocycles. The summed E-state index contributed by atoms with van der Waals surface area (Å²) in [5.74, 6) is 1.46. The third-order valence-corrected chi connectivity index (χ3v) is 12.8. The number of esters is 2. The first-order valence-electron chi connectivity index (χ1n) is 17.1. The van der Waals surface area contributed by atoms with Crippen LogP contribution < -0.4 is 0 Å². The minimum absolute atomic E-state index is 0.0759. The molecule has 2 saturated carbocycles. The van der Waals surface area contributed by atoms with Gasteiger partial charge in [0.1, 0.15) is 11.7 Å². The van der Waals surface area contributed by atoms with E-state index < -0.39 is 5.60 Å². The van der Waals surface area contributed by atoms with Crippen LogP contribution in [0, 0.1) is 39.4 Å². The van der Waals surface area contributed by atoms with E-state index in [0.717, 1.165) is 24.7 Å². The quantitative estimate of drug-likeness (QED) is 0.211. The van der Waals surface area contributed by atoms with E-state index in [0.29, 0.717) is 16.7 Å². The van der Waals surface area contributed by atoms with Crippen molar-refractivity contribution in [2.45, 2.75) is 165 Å². The van der Waals surface area contributed by atoms with Crippen molar-refractivity contribution >= 4 is 11.9 Å². The van der Waals surface area contributed by atoms with Crippen molar-refractivity contribution in [3.05, 3.63) is 22.8 Å². The van der Waals surface area contributed by atoms with Gasteiger partial charge in [-0.15, -0.1) is 0 Å². The molecule has 4 heteroatoms. The van der Waals surface area contributed by atoms with Gasteiger partial charge < -0.3 is 9.47 Å². The summed E-state index contributed by atoms with van der Waals surface area (Å²) in [5, 5.41) is 0. The van der Waals surface area contributed by atoms with Crippen LogP contribution in [0.5, 0.6) is 0 Å². The topological polar surface area (TPSA) is 52.6 Å². The van der Waals surface area contributed by atoms with E-state index in [1.807, 2.05) is 26.3 Å². The van der Waals surface area contributed by atoms with Crippen LogP contribution in [-0.2, 0) is 19.1 Å². The number of rotatable bonds is 8. The predicted molar refractivity (Wildman–Crippen MR) is 172 cm³/mol. The molecule has 4 nitrogen and oxygen atoms in total. The fourth-order valence-electron chi connectivity index (χ4n) is 10.5. The maximum absolute atomic E-state index is 12.9. The van der Waals surface area contributed by atoms with Gasteiger partial charge in [-0.05, 0) is 133 Å². The molecule has 238 valence electrons. The highest BCUT2D eigenvalue weighted by Gasteiger charge is 2.63. The highest BCUT2D eigenvalue weighted by Crippen LogP contribution is 2.72. The maximum Gasteiger partial charge on any atom is 0.306 e. The van der Waals surface area contributed by atoms with Gasteiger partial charge >= 0.3 is 11.9 Å². The zero-order chi connectivity index (χ0) is 31.3. The summed E-state index contributed by atoms with van der Waals surface area (Å²) in [6, 6.07) is 0. The Labute approximate surface area is 257 Å². The summed E-state index contributed by atoms with van der Waals surface area (Å²) in [4.78, 5) is 25.0. The van der Waals surface area contributed by atoms with Gasteiger partial charge in [0.2, 0.25) is 0 Å². The van der Waals surface area contributed by atoms with Gasteiger partial charge in [-0.2, -0.15) is 0 Å². The molecule has 0 N–H and O–H groups in total. The zero-order valence-corrected chi connectivity index (χ0v) is 29.0. The van der Waals surface area contributed by atoms with Crippen LogP contribution in [0.4, 0.5) is 0 Å². The average molecular weight is 583 g/mol. The molecule has 0 spiro atoms. The summed E-state index contributed by atoms with van der Waals surface area (Å²) < 4.78 is 11.5. The maximum atomic E-state index is 12.9. The second-order valence-corrected chi connectivity index (χ2v) is 17.1. The van der Waals surface area contributed by atoms with Gasteiger partial charge in [0.05, 0.1) is 12.8 Å². The molecule has 42 heavy (non-hydrogen) atoms. The monoisotopic (exact) mass is 582 g/mol. The second-order valence-electron chi connectivity index (χ2n) is 17.1. The molecule has 0 saturated heterocycles. The minimum Gasteiger partial charge on any atom is -0.462 e. The number of hydrogen-bond acceptors (Lipinski definition) is 4. The lowest BCUT2D eigenvalue weighted by Gasteiger charge is -2.62. The zero-order valence-electron chi connectivity index (χ0n) is 29.0. The molecule has 2 fully saturated rings.